The summed E-state index contributed by atoms with van der Waals surface area (Å²) in [5, 5.41) is 11.4. The van der Waals surface area contributed by atoms with E-state index in [1.165, 1.54) is 7.11 Å². The maximum atomic E-state index is 8.48. The van der Waals surface area contributed by atoms with Crippen molar-refractivity contribution >= 4 is 32.7 Å². The lowest BCUT2D eigenvalue weighted by atomic mass is 10.2. The van der Waals surface area contributed by atoms with Gasteiger partial charge < -0.3 is 9.94 Å². The van der Waals surface area contributed by atoms with Crippen molar-refractivity contribution in [3.63, 3.8) is 0 Å². The fourth-order valence-corrected chi connectivity index (χ4v) is 1.40. The zero-order valence-corrected chi connectivity index (χ0v) is 9.13. The second-order valence-corrected chi connectivity index (χ2v) is 3.51. The van der Waals surface area contributed by atoms with Crippen molar-refractivity contribution in [2.45, 2.75) is 0 Å². The second kappa shape index (κ2) is 4.48. The normalized spacial score (nSPS) is 11.5. The molecule has 0 radical (unpaired) electrons. The third kappa shape index (κ3) is 2.35. The molecule has 0 fully saturated rings. The summed E-state index contributed by atoms with van der Waals surface area (Å²) in [4.78, 5) is 0. The van der Waals surface area contributed by atoms with E-state index in [0.29, 0.717) is 11.3 Å². The van der Waals surface area contributed by atoms with E-state index in [1.54, 1.807) is 12.1 Å². The minimum atomic E-state index is -0.00171. The number of rotatable bonds is 2. The number of hydrogen-bond donors (Lipinski definition) is 1. The van der Waals surface area contributed by atoms with Gasteiger partial charge in [0, 0.05) is 4.47 Å². The van der Waals surface area contributed by atoms with Crippen LogP contribution in [0.4, 0.5) is 0 Å². The first-order valence-electron chi connectivity index (χ1n) is 3.40. The summed E-state index contributed by atoms with van der Waals surface area (Å²) >= 11 is 8.92. The highest BCUT2D eigenvalue weighted by Gasteiger charge is 2.08. The molecule has 0 amide bonds. The van der Waals surface area contributed by atoms with Crippen molar-refractivity contribution in [1.29, 1.82) is 0 Å². The van der Waals surface area contributed by atoms with Crippen LogP contribution in [0.15, 0.2) is 27.8 Å². The molecule has 0 spiro atoms. The van der Waals surface area contributed by atoms with Crippen molar-refractivity contribution in [3.8, 4) is 5.75 Å². The Hall–Kier alpha value is -0.740. The first kappa shape index (κ1) is 10.3. The van der Waals surface area contributed by atoms with Crippen LogP contribution in [0.5, 0.6) is 5.75 Å². The monoisotopic (exact) mass is 263 g/mol. The van der Waals surface area contributed by atoms with E-state index in [9.17, 15) is 0 Å². The van der Waals surface area contributed by atoms with Crippen molar-refractivity contribution in [1.82, 2.24) is 0 Å². The van der Waals surface area contributed by atoms with Crippen LogP contribution in [0.1, 0.15) is 5.56 Å². The number of oxime groups is 1. The Bertz CT molecular complexity index is 341. The zero-order chi connectivity index (χ0) is 9.84. The molecule has 1 N–H and O–H groups in total. The molecular weight excluding hydrogens is 257 g/mol. The maximum Gasteiger partial charge on any atom is 0.179 e. The molecule has 0 saturated heterocycles. The predicted octanol–water partition coefficient (Wildman–Crippen LogP) is 2.83. The number of benzene rings is 1. The summed E-state index contributed by atoms with van der Waals surface area (Å²) in [6.07, 6.45) is 0. The molecule has 0 aromatic heterocycles. The molecule has 1 rings (SSSR count). The molecule has 3 nitrogen and oxygen atoms in total. The summed E-state index contributed by atoms with van der Waals surface area (Å²) in [6, 6.07) is 5.25. The number of methoxy groups -OCH3 is 1. The van der Waals surface area contributed by atoms with Crippen LogP contribution in [-0.4, -0.2) is 17.5 Å². The molecule has 0 bridgehead atoms. The Balaban J connectivity index is 3.23. The topological polar surface area (TPSA) is 41.8 Å². The van der Waals surface area contributed by atoms with Gasteiger partial charge >= 0.3 is 0 Å². The molecule has 5 heteroatoms. The average molecular weight is 265 g/mol. The first-order chi connectivity index (χ1) is 6.19. The molecule has 0 aliphatic heterocycles. The second-order valence-electron chi connectivity index (χ2n) is 2.24. The Morgan fingerprint density at radius 1 is 1.62 bits per heavy atom. The lowest BCUT2D eigenvalue weighted by Crippen LogP contribution is -1.96. The lowest BCUT2D eigenvalue weighted by Gasteiger charge is -2.05. The molecule has 0 atom stereocenters. The Morgan fingerprint density at radius 3 is 2.85 bits per heavy atom. The van der Waals surface area contributed by atoms with E-state index >= 15 is 0 Å². The van der Waals surface area contributed by atoms with E-state index in [2.05, 4.69) is 21.1 Å². The van der Waals surface area contributed by atoms with Crippen molar-refractivity contribution in [2.75, 3.05) is 7.11 Å². The van der Waals surface area contributed by atoms with E-state index in [-0.39, 0.29) is 5.17 Å². The third-order valence-corrected chi connectivity index (χ3v) is 2.24. The minimum absolute atomic E-state index is 0.00171. The number of ether oxygens (including phenoxy) is 1. The van der Waals surface area contributed by atoms with E-state index in [4.69, 9.17) is 21.5 Å². The summed E-state index contributed by atoms with van der Waals surface area (Å²) in [5.41, 5.74) is 0.543. The van der Waals surface area contributed by atoms with Crippen LogP contribution in [0, 0.1) is 0 Å². The molecule has 0 aliphatic rings. The molecule has 0 saturated carbocycles. The average Bonchev–Trinajstić information content (AvgIpc) is 2.16. The Labute approximate surface area is 89.1 Å². The molecule has 1 aromatic carbocycles. The van der Waals surface area contributed by atoms with Gasteiger partial charge in [0.2, 0.25) is 0 Å². The van der Waals surface area contributed by atoms with Crippen molar-refractivity contribution in [3.05, 3.63) is 28.2 Å². The predicted molar refractivity (Wildman–Crippen MR) is 54.9 cm³/mol. The summed E-state index contributed by atoms with van der Waals surface area (Å²) in [6.45, 7) is 0. The molecule has 13 heavy (non-hydrogen) atoms. The quantitative estimate of drug-likeness (QED) is 0.507. The van der Waals surface area contributed by atoms with Gasteiger partial charge in [-0.25, -0.2) is 0 Å². The van der Waals surface area contributed by atoms with Gasteiger partial charge in [0.25, 0.3) is 0 Å². The molecule has 0 unspecified atom stereocenters. The van der Waals surface area contributed by atoms with Crippen LogP contribution in [0.25, 0.3) is 0 Å². The molecular formula is C8H7BrClNO2. The Kier molecular flexibility index (Phi) is 3.57. The molecule has 0 aliphatic carbocycles. The highest BCUT2D eigenvalue weighted by molar-refractivity contribution is 9.10. The van der Waals surface area contributed by atoms with Gasteiger partial charge in [-0.2, -0.15) is 0 Å². The fourth-order valence-electron chi connectivity index (χ4n) is 0.895. The van der Waals surface area contributed by atoms with Crippen molar-refractivity contribution in [2.24, 2.45) is 5.16 Å². The fraction of sp³-hybridized carbons (Fsp3) is 0.125. The van der Waals surface area contributed by atoms with E-state index in [1.807, 2.05) is 6.07 Å². The summed E-state index contributed by atoms with van der Waals surface area (Å²) in [5.74, 6) is 0.561. The zero-order valence-electron chi connectivity index (χ0n) is 6.79. The smallest absolute Gasteiger partial charge is 0.179 e. The van der Waals surface area contributed by atoms with Crippen LogP contribution in [-0.2, 0) is 0 Å². The van der Waals surface area contributed by atoms with Gasteiger partial charge in [0.15, 0.2) is 5.17 Å². The number of hydrogen-bond acceptors (Lipinski definition) is 3. The van der Waals surface area contributed by atoms with Crippen molar-refractivity contribution < 1.29 is 9.94 Å². The van der Waals surface area contributed by atoms with Crippen LogP contribution < -0.4 is 4.74 Å². The molecule has 0 heterocycles. The number of nitrogens with zero attached hydrogens (tertiary/aromatic N) is 1. The van der Waals surface area contributed by atoms with Gasteiger partial charge in [-0.1, -0.05) is 32.7 Å². The summed E-state index contributed by atoms with van der Waals surface area (Å²) in [7, 11) is 1.52. The first-order valence-corrected chi connectivity index (χ1v) is 4.57. The maximum absolute atomic E-state index is 8.48. The largest absolute Gasteiger partial charge is 0.496 e. The van der Waals surface area contributed by atoms with Gasteiger partial charge in [-0.3, -0.25) is 0 Å². The summed E-state index contributed by atoms with van der Waals surface area (Å²) < 4.78 is 5.86. The minimum Gasteiger partial charge on any atom is -0.496 e. The highest BCUT2D eigenvalue weighted by atomic mass is 79.9. The third-order valence-electron chi connectivity index (χ3n) is 1.47. The lowest BCUT2D eigenvalue weighted by molar-refractivity contribution is 0.320. The number of halogens is 2. The molecule has 70 valence electrons. The van der Waals surface area contributed by atoms with Crippen LogP contribution in [0.3, 0.4) is 0 Å². The van der Waals surface area contributed by atoms with Crippen LogP contribution in [0.2, 0.25) is 0 Å². The van der Waals surface area contributed by atoms with Gasteiger partial charge in [-0.05, 0) is 18.2 Å². The standard InChI is InChI=1S/C8H7BrClNO2/c1-13-7-3-2-5(9)4-6(7)8(10)11-12/h2-4,12H,1H3/b11-8-. The van der Waals surface area contributed by atoms with Gasteiger partial charge in [0.05, 0.1) is 12.7 Å². The van der Waals surface area contributed by atoms with E-state index < -0.39 is 0 Å². The van der Waals surface area contributed by atoms with Crippen LogP contribution >= 0.6 is 27.5 Å². The highest BCUT2D eigenvalue weighted by Crippen LogP contribution is 2.24. The van der Waals surface area contributed by atoms with E-state index in [0.717, 1.165) is 4.47 Å². The van der Waals surface area contributed by atoms with Gasteiger partial charge in [0.1, 0.15) is 5.75 Å². The molecule has 1 aromatic rings. The Morgan fingerprint density at radius 2 is 2.31 bits per heavy atom. The SMILES string of the molecule is COc1ccc(Br)cc1/C(Cl)=N/O. The van der Waals surface area contributed by atoms with Gasteiger partial charge in [-0.15, -0.1) is 0 Å².